The molecule has 2 heterocycles. The van der Waals surface area contributed by atoms with Crippen LogP contribution in [-0.2, 0) is 10.3 Å². The highest BCUT2D eigenvalue weighted by molar-refractivity contribution is 7.09. The molecule has 0 spiro atoms. The number of hydrogen-bond acceptors (Lipinski definition) is 6. The number of thiazole rings is 1. The highest BCUT2D eigenvalue weighted by Crippen LogP contribution is 2.34. The van der Waals surface area contributed by atoms with Crippen molar-refractivity contribution in [2.24, 2.45) is 0 Å². The van der Waals surface area contributed by atoms with E-state index in [4.69, 9.17) is 4.74 Å². The Morgan fingerprint density at radius 1 is 1.57 bits per heavy atom. The van der Waals surface area contributed by atoms with Crippen LogP contribution >= 0.6 is 11.3 Å². The van der Waals surface area contributed by atoms with Crippen LogP contribution < -0.4 is 0 Å². The average Bonchev–Trinajstić information content (AvgIpc) is 2.78. The number of aromatic nitrogens is 1. The third kappa shape index (κ3) is 3.53. The van der Waals surface area contributed by atoms with E-state index in [1.54, 1.807) is 26.2 Å². The molecule has 2 rings (SSSR count). The van der Waals surface area contributed by atoms with Crippen LogP contribution in [0.2, 0.25) is 0 Å². The summed E-state index contributed by atoms with van der Waals surface area (Å²) in [6.45, 7) is 7.57. The minimum Gasteiger partial charge on any atom is -0.444 e. The first-order valence-electron chi connectivity index (χ1n) is 6.93. The van der Waals surface area contributed by atoms with Gasteiger partial charge in [-0.25, -0.2) is 9.78 Å². The number of carbonyl (C=O) groups is 1. The summed E-state index contributed by atoms with van der Waals surface area (Å²) in [5.74, 6) is 0. The van der Waals surface area contributed by atoms with Crippen molar-refractivity contribution in [3.05, 3.63) is 16.1 Å². The summed E-state index contributed by atoms with van der Waals surface area (Å²) in [5, 5.41) is 23.5. The Morgan fingerprint density at radius 2 is 2.24 bits per heavy atom. The van der Waals surface area contributed by atoms with Crippen molar-refractivity contribution in [2.75, 3.05) is 13.1 Å². The predicted molar refractivity (Wildman–Crippen MR) is 79.2 cm³/mol. The smallest absolute Gasteiger partial charge is 0.410 e. The number of β-amino-alcohol motifs (C(OH)–C–C–N with tert-alkyl or cyclic N) is 1. The van der Waals surface area contributed by atoms with Crippen LogP contribution in [0, 0.1) is 6.92 Å². The Bertz CT molecular complexity index is 525. The van der Waals surface area contributed by atoms with Gasteiger partial charge < -0.3 is 19.8 Å². The molecule has 0 aromatic carbocycles. The van der Waals surface area contributed by atoms with E-state index in [2.05, 4.69) is 4.98 Å². The zero-order chi connectivity index (χ0) is 15.8. The first-order chi connectivity index (χ1) is 9.62. The molecule has 21 heavy (non-hydrogen) atoms. The van der Waals surface area contributed by atoms with Crippen LogP contribution in [0.4, 0.5) is 4.79 Å². The van der Waals surface area contributed by atoms with Crippen molar-refractivity contribution in [1.29, 1.82) is 0 Å². The van der Waals surface area contributed by atoms with E-state index >= 15 is 0 Å². The Balaban J connectivity index is 2.07. The Kier molecular flexibility index (Phi) is 4.28. The molecule has 0 saturated carbocycles. The number of hydrogen-bond donors (Lipinski definition) is 2. The van der Waals surface area contributed by atoms with Gasteiger partial charge >= 0.3 is 6.09 Å². The number of aryl methyl sites for hydroxylation is 1. The lowest BCUT2D eigenvalue weighted by Gasteiger charge is -2.41. The average molecular weight is 314 g/mol. The number of aliphatic hydroxyl groups excluding tert-OH is 1. The van der Waals surface area contributed by atoms with Crippen molar-refractivity contribution < 1.29 is 19.7 Å². The van der Waals surface area contributed by atoms with Crippen molar-refractivity contribution >= 4 is 17.4 Å². The number of aliphatic hydroxyl groups is 2. The number of ether oxygens (including phenoxy) is 1. The topological polar surface area (TPSA) is 82.9 Å². The minimum atomic E-state index is -1.40. The predicted octanol–water partition coefficient (Wildman–Crippen LogP) is 1.64. The lowest BCUT2D eigenvalue weighted by atomic mass is 9.86. The summed E-state index contributed by atoms with van der Waals surface area (Å²) in [6, 6.07) is 0. The molecule has 118 valence electrons. The molecule has 0 unspecified atom stereocenters. The van der Waals surface area contributed by atoms with E-state index in [0.717, 1.165) is 5.01 Å². The third-order valence-electron chi connectivity index (χ3n) is 3.42. The standard InChI is InChI=1S/C14H22N2O4S/c1-9-15-10(8-21-9)14(19)5-6-16(7-11(14)17)12(18)20-13(2,3)4/h8,11,17,19H,5-7H2,1-4H3/t11-,14-/m1/s1. The lowest BCUT2D eigenvalue weighted by Crippen LogP contribution is -2.55. The second kappa shape index (κ2) is 5.55. The molecule has 1 saturated heterocycles. The van der Waals surface area contributed by atoms with Gasteiger partial charge in [0.05, 0.1) is 17.2 Å². The van der Waals surface area contributed by atoms with Crippen LogP contribution in [0.25, 0.3) is 0 Å². The van der Waals surface area contributed by atoms with Crippen molar-refractivity contribution in [1.82, 2.24) is 9.88 Å². The molecule has 1 aromatic rings. The molecule has 1 aliphatic heterocycles. The molecule has 1 aromatic heterocycles. The Morgan fingerprint density at radius 3 is 2.71 bits per heavy atom. The SMILES string of the molecule is Cc1nc([C@]2(O)CCN(C(=O)OC(C)(C)C)C[C@H]2O)cs1. The molecule has 0 bridgehead atoms. The number of piperidine rings is 1. The van der Waals surface area contributed by atoms with Crippen LogP contribution in [0.1, 0.15) is 37.9 Å². The maximum Gasteiger partial charge on any atom is 0.410 e. The highest BCUT2D eigenvalue weighted by Gasteiger charge is 2.45. The monoisotopic (exact) mass is 314 g/mol. The number of rotatable bonds is 1. The van der Waals surface area contributed by atoms with Crippen molar-refractivity contribution in [3.63, 3.8) is 0 Å². The fourth-order valence-corrected chi connectivity index (χ4v) is 2.97. The molecular formula is C14H22N2O4S. The number of amides is 1. The van der Waals surface area contributed by atoms with Gasteiger partial charge in [-0.05, 0) is 27.7 Å². The number of carbonyl (C=O) groups excluding carboxylic acids is 1. The zero-order valence-corrected chi connectivity index (χ0v) is 13.6. The largest absolute Gasteiger partial charge is 0.444 e. The van der Waals surface area contributed by atoms with Gasteiger partial charge in [-0.2, -0.15) is 0 Å². The van der Waals surface area contributed by atoms with E-state index in [1.165, 1.54) is 16.2 Å². The zero-order valence-electron chi connectivity index (χ0n) is 12.8. The summed E-state index contributed by atoms with van der Waals surface area (Å²) in [5.41, 5.74) is -1.51. The van der Waals surface area contributed by atoms with Gasteiger partial charge in [0.15, 0.2) is 0 Å². The Hall–Kier alpha value is -1.18. The van der Waals surface area contributed by atoms with Gasteiger partial charge in [0.25, 0.3) is 0 Å². The molecule has 2 atom stereocenters. The summed E-state index contributed by atoms with van der Waals surface area (Å²) in [4.78, 5) is 17.7. The van der Waals surface area contributed by atoms with E-state index in [-0.39, 0.29) is 13.0 Å². The van der Waals surface area contributed by atoms with E-state index < -0.39 is 23.4 Å². The van der Waals surface area contributed by atoms with Crippen LogP contribution in [0.5, 0.6) is 0 Å². The van der Waals surface area contributed by atoms with Gasteiger partial charge in [0, 0.05) is 18.3 Å². The normalized spacial score (nSPS) is 26.8. The van der Waals surface area contributed by atoms with E-state index in [0.29, 0.717) is 12.2 Å². The van der Waals surface area contributed by atoms with E-state index in [9.17, 15) is 15.0 Å². The quantitative estimate of drug-likeness (QED) is 0.823. The highest BCUT2D eigenvalue weighted by atomic mass is 32.1. The molecule has 1 aliphatic rings. The molecule has 1 fully saturated rings. The van der Waals surface area contributed by atoms with Gasteiger partial charge in [0.1, 0.15) is 17.3 Å². The molecule has 1 amide bonds. The molecule has 0 radical (unpaired) electrons. The lowest BCUT2D eigenvalue weighted by molar-refractivity contribution is -0.125. The summed E-state index contributed by atoms with van der Waals surface area (Å²) >= 11 is 1.43. The van der Waals surface area contributed by atoms with Crippen LogP contribution in [0.15, 0.2) is 5.38 Å². The first kappa shape index (κ1) is 16.2. The number of nitrogens with zero attached hydrogens (tertiary/aromatic N) is 2. The summed E-state index contributed by atoms with van der Waals surface area (Å²) < 4.78 is 5.28. The van der Waals surface area contributed by atoms with Crippen LogP contribution in [0.3, 0.4) is 0 Å². The fourth-order valence-electron chi connectivity index (χ4n) is 2.28. The second-order valence-electron chi connectivity index (χ2n) is 6.37. The third-order valence-corrected chi connectivity index (χ3v) is 4.20. The summed E-state index contributed by atoms with van der Waals surface area (Å²) in [6.07, 6.45) is -1.32. The molecular weight excluding hydrogens is 292 g/mol. The van der Waals surface area contributed by atoms with Gasteiger partial charge in [0.2, 0.25) is 0 Å². The van der Waals surface area contributed by atoms with E-state index in [1.807, 2.05) is 6.92 Å². The molecule has 6 nitrogen and oxygen atoms in total. The fraction of sp³-hybridized carbons (Fsp3) is 0.714. The number of likely N-dealkylation sites (tertiary alicyclic amines) is 1. The molecule has 2 N–H and O–H groups in total. The van der Waals surface area contributed by atoms with Crippen molar-refractivity contribution in [2.45, 2.75) is 51.4 Å². The van der Waals surface area contributed by atoms with Crippen LogP contribution in [-0.4, -0.2) is 51.0 Å². The van der Waals surface area contributed by atoms with Gasteiger partial charge in [-0.15, -0.1) is 11.3 Å². The minimum absolute atomic E-state index is 0.0297. The summed E-state index contributed by atoms with van der Waals surface area (Å²) in [7, 11) is 0. The molecule has 7 heteroatoms. The van der Waals surface area contributed by atoms with Crippen molar-refractivity contribution in [3.8, 4) is 0 Å². The Labute approximate surface area is 128 Å². The maximum atomic E-state index is 12.0. The van der Waals surface area contributed by atoms with Gasteiger partial charge in [-0.1, -0.05) is 0 Å². The first-order valence-corrected chi connectivity index (χ1v) is 7.81. The molecule has 0 aliphatic carbocycles. The van der Waals surface area contributed by atoms with Gasteiger partial charge in [-0.3, -0.25) is 0 Å². The second-order valence-corrected chi connectivity index (χ2v) is 7.43. The maximum absolute atomic E-state index is 12.0.